The van der Waals surface area contributed by atoms with Gasteiger partial charge in [-0.1, -0.05) is 58.4 Å². The Balaban J connectivity index is 2.07. The van der Waals surface area contributed by atoms with E-state index in [1.165, 1.54) is 37.7 Å². The molecule has 2 aliphatic carbocycles. The van der Waals surface area contributed by atoms with Gasteiger partial charge in [-0.25, -0.2) is 0 Å². The molecule has 0 heteroatoms. The first-order valence-corrected chi connectivity index (χ1v) is 8.67. The van der Waals surface area contributed by atoms with Crippen molar-refractivity contribution in [3.05, 3.63) is 47.5 Å². The predicted molar refractivity (Wildman–Crippen MR) is 91.8 cm³/mol. The van der Waals surface area contributed by atoms with Crippen molar-refractivity contribution in [1.82, 2.24) is 0 Å². The molecule has 21 heavy (non-hydrogen) atoms. The van der Waals surface area contributed by atoms with Crippen LogP contribution in [-0.4, -0.2) is 0 Å². The van der Waals surface area contributed by atoms with E-state index in [9.17, 15) is 0 Å². The van der Waals surface area contributed by atoms with E-state index >= 15 is 0 Å². The minimum absolute atomic E-state index is 0.321. The lowest BCUT2D eigenvalue weighted by molar-refractivity contribution is 0.0634. The second-order valence-corrected chi connectivity index (χ2v) is 8.14. The van der Waals surface area contributed by atoms with Crippen molar-refractivity contribution in [2.75, 3.05) is 0 Å². The molecular weight excluding hydrogens is 252 g/mol. The van der Waals surface area contributed by atoms with Gasteiger partial charge in [0.2, 0.25) is 0 Å². The Hall–Kier alpha value is -1.04. The molecule has 0 aromatic heterocycles. The Morgan fingerprint density at radius 2 is 2.00 bits per heavy atom. The van der Waals surface area contributed by atoms with Crippen LogP contribution < -0.4 is 0 Å². The largest absolute Gasteiger partial charge is 0.103 e. The van der Waals surface area contributed by atoms with Gasteiger partial charge in [-0.3, -0.25) is 0 Å². The predicted octanol–water partition coefficient (Wildman–Crippen LogP) is 6.01. The van der Waals surface area contributed by atoms with Gasteiger partial charge in [-0.15, -0.1) is 6.58 Å². The van der Waals surface area contributed by atoms with E-state index in [4.69, 9.17) is 0 Å². The number of fused-ring (bicyclic) bond motifs is 3. The maximum absolute atomic E-state index is 4.17. The van der Waals surface area contributed by atoms with E-state index in [2.05, 4.69) is 58.5 Å². The van der Waals surface area contributed by atoms with E-state index in [-0.39, 0.29) is 0 Å². The van der Waals surface area contributed by atoms with Gasteiger partial charge in [0.25, 0.3) is 0 Å². The Labute approximate surface area is 130 Å². The molecule has 1 aromatic carbocycles. The molecule has 0 unspecified atom stereocenters. The summed E-state index contributed by atoms with van der Waals surface area (Å²) in [5, 5.41) is 0. The Morgan fingerprint density at radius 1 is 1.24 bits per heavy atom. The van der Waals surface area contributed by atoms with Crippen LogP contribution in [0.3, 0.4) is 0 Å². The van der Waals surface area contributed by atoms with E-state index in [1.807, 2.05) is 0 Å². The van der Waals surface area contributed by atoms with Gasteiger partial charge in [0.15, 0.2) is 0 Å². The maximum atomic E-state index is 4.17. The lowest BCUT2D eigenvalue weighted by atomic mass is 9.50. The van der Waals surface area contributed by atoms with Crippen LogP contribution in [-0.2, 0) is 11.8 Å². The van der Waals surface area contributed by atoms with Crippen molar-refractivity contribution in [3.63, 3.8) is 0 Å². The molecule has 3 atom stereocenters. The summed E-state index contributed by atoms with van der Waals surface area (Å²) in [5.41, 5.74) is 5.42. The maximum Gasteiger partial charge on any atom is -0.00360 e. The third-order valence-electron chi connectivity index (χ3n) is 6.56. The minimum Gasteiger partial charge on any atom is -0.103 e. The van der Waals surface area contributed by atoms with Crippen LogP contribution in [0.2, 0.25) is 0 Å². The summed E-state index contributed by atoms with van der Waals surface area (Å²) >= 11 is 0. The zero-order chi connectivity index (χ0) is 15.3. The molecule has 1 saturated carbocycles. The summed E-state index contributed by atoms with van der Waals surface area (Å²) in [4.78, 5) is 0. The average Bonchev–Trinajstić information content (AvgIpc) is 2.46. The Kier molecular flexibility index (Phi) is 3.55. The van der Waals surface area contributed by atoms with Gasteiger partial charge < -0.3 is 0 Å². The fourth-order valence-electron chi connectivity index (χ4n) is 5.16. The van der Waals surface area contributed by atoms with Gasteiger partial charge in [0, 0.05) is 0 Å². The molecular formula is C21H30. The van der Waals surface area contributed by atoms with E-state index in [1.54, 1.807) is 11.1 Å². The van der Waals surface area contributed by atoms with Crippen LogP contribution in [0.4, 0.5) is 0 Å². The third-order valence-corrected chi connectivity index (χ3v) is 6.56. The van der Waals surface area contributed by atoms with Crippen molar-refractivity contribution in [1.29, 1.82) is 0 Å². The Morgan fingerprint density at radius 3 is 2.67 bits per heavy atom. The van der Waals surface area contributed by atoms with Crippen LogP contribution in [0, 0.1) is 11.3 Å². The standard InChI is InChI=1S/C21H30/c1-6-20(4)12-7-13-21(5)18-10-8-16(15(2)3)14-17(18)9-11-19(20)21/h6,8,10,14-15,19H,1,7,9,11-13H2,2-5H3/t19-,20+,21+/m0/s1. The highest BCUT2D eigenvalue weighted by molar-refractivity contribution is 5.42. The van der Waals surface area contributed by atoms with E-state index < -0.39 is 0 Å². The van der Waals surface area contributed by atoms with Crippen LogP contribution in [0.5, 0.6) is 0 Å². The van der Waals surface area contributed by atoms with Gasteiger partial charge in [-0.05, 0) is 65.0 Å². The molecule has 0 radical (unpaired) electrons. The van der Waals surface area contributed by atoms with Crippen LogP contribution >= 0.6 is 0 Å². The van der Waals surface area contributed by atoms with E-state index in [0.29, 0.717) is 16.7 Å². The Bertz CT molecular complexity index is 553. The summed E-state index contributed by atoms with van der Waals surface area (Å²) in [5.74, 6) is 1.39. The lowest BCUT2D eigenvalue weighted by Crippen LogP contribution is -2.48. The topological polar surface area (TPSA) is 0 Å². The van der Waals surface area contributed by atoms with Gasteiger partial charge >= 0.3 is 0 Å². The van der Waals surface area contributed by atoms with Crippen LogP contribution in [0.25, 0.3) is 0 Å². The van der Waals surface area contributed by atoms with Crippen molar-refractivity contribution in [3.8, 4) is 0 Å². The first-order chi connectivity index (χ1) is 9.90. The quantitative estimate of drug-likeness (QED) is 0.583. The monoisotopic (exact) mass is 282 g/mol. The first-order valence-electron chi connectivity index (χ1n) is 8.67. The lowest BCUT2D eigenvalue weighted by Gasteiger charge is -2.54. The minimum atomic E-state index is 0.321. The normalized spacial score (nSPS) is 35.2. The summed E-state index contributed by atoms with van der Waals surface area (Å²) in [6.45, 7) is 13.7. The van der Waals surface area contributed by atoms with Crippen LogP contribution in [0.15, 0.2) is 30.9 Å². The van der Waals surface area contributed by atoms with Crippen molar-refractivity contribution >= 4 is 0 Å². The SMILES string of the molecule is C=C[C@]1(C)CCC[C@]2(C)c3ccc(C(C)C)cc3CC[C@@H]12. The number of benzene rings is 1. The van der Waals surface area contributed by atoms with E-state index in [0.717, 1.165) is 5.92 Å². The third kappa shape index (κ3) is 2.18. The molecule has 0 spiro atoms. The smallest absolute Gasteiger partial charge is 0.00360 e. The molecule has 0 N–H and O–H groups in total. The van der Waals surface area contributed by atoms with Gasteiger partial charge in [-0.2, -0.15) is 0 Å². The molecule has 3 rings (SSSR count). The molecule has 0 amide bonds. The zero-order valence-electron chi connectivity index (χ0n) is 14.2. The van der Waals surface area contributed by atoms with Gasteiger partial charge in [0.05, 0.1) is 0 Å². The number of hydrogen-bond donors (Lipinski definition) is 0. The molecule has 1 fully saturated rings. The summed E-state index contributed by atoms with van der Waals surface area (Å²) in [7, 11) is 0. The highest BCUT2D eigenvalue weighted by Gasteiger charge is 2.50. The summed E-state index contributed by atoms with van der Waals surface area (Å²) in [6.07, 6.45) is 8.82. The number of allylic oxidation sites excluding steroid dienone is 1. The second kappa shape index (κ2) is 5.00. The molecule has 0 saturated heterocycles. The second-order valence-electron chi connectivity index (χ2n) is 8.14. The zero-order valence-corrected chi connectivity index (χ0v) is 14.2. The fourth-order valence-corrected chi connectivity index (χ4v) is 5.16. The van der Waals surface area contributed by atoms with Crippen molar-refractivity contribution in [2.45, 2.75) is 71.1 Å². The fraction of sp³-hybridized carbons (Fsp3) is 0.619. The molecule has 0 aliphatic heterocycles. The molecule has 0 bridgehead atoms. The number of aryl methyl sites for hydroxylation is 1. The molecule has 0 heterocycles. The highest BCUT2D eigenvalue weighted by atomic mass is 14.5. The van der Waals surface area contributed by atoms with Gasteiger partial charge in [0.1, 0.15) is 0 Å². The first kappa shape index (κ1) is 14.9. The van der Waals surface area contributed by atoms with Crippen LogP contribution in [0.1, 0.15) is 76.0 Å². The molecule has 1 aromatic rings. The number of hydrogen-bond acceptors (Lipinski definition) is 0. The van der Waals surface area contributed by atoms with Crippen molar-refractivity contribution < 1.29 is 0 Å². The molecule has 114 valence electrons. The molecule has 2 aliphatic rings. The summed E-state index contributed by atoms with van der Waals surface area (Å²) in [6, 6.07) is 7.31. The summed E-state index contributed by atoms with van der Waals surface area (Å²) < 4.78 is 0. The van der Waals surface area contributed by atoms with Crippen molar-refractivity contribution in [2.24, 2.45) is 11.3 Å². The highest BCUT2D eigenvalue weighted by Crippen LogP contribution is 2.57. The number of rotatable bonds is 2. The average molecular weight is 282 g/mol. The molecule has 0 nitrogen and oxygen atoms in total.